The molecule has 1 atom stereocenters. The molecule has 1 aromatic rings. The summed E-state index contributed by atoms with van der Waals surface area (Å²) in [7, 11) is 1.87. The normalized spacial score (nSPS) is 12.1. The molecule has 0 aliphatic carbocycles. The maximum atomic E-state index is 11.5. The van der Waals surface area contributed by atoms with Gasteiger partial charge >= 0.3 is 0 Å². The van der Waals surface area contributed by atoms with Crippen LogP contribution in [0.25, 0.3) is 0 Å². The van der Waals surface area contributed by atoms with E-state index in [1.165, 1.54) is 0 Å². The van der Waals surface area contributed by atoms with E-state index in [1.807, 2.05) is 44.3 Å². The fourth-order valence-corrected chi connectivity index (χ4v) is 1.39. The van der Waals surface area contributed by atoms with Crippen molar-refractivity contribution in [2.45, 2.75) is 26.0 Å². The highest BCUT2D eigenvalue weighted by Crippen LogP contribution is 2.00. The summed E-state index contributed by atoms with van der Waals surface area (Å²) >= 11 is 0. The molecule has 0 saturated heterocycles. The van der Waals surface area contributed by atoms with E-state index in [9.17, 15) is 4.79 Å². The number of amides is 1. The molecule has 0 spiro atoms. The number of hydrogen-bond acceptors (Lipinski definition) is 3. The van der Waals surface area contributed by atoms with Gasteiger partial charge in [-0.2, -0.15) is 0 Å². The van der Waals surface area contributed by atoms with E-state index in [0.717, 1.165) is 5.56 Å². The predicted octanol–water partition coefficient (Wildman–Crippen LogP) is 1.32. The molecular weight excluding hydrogens is 228 g/mol. The van der Waals surface area contributed by atoms with Gasteiger partial charge in [-0.3, -0.25) is 4.79 Å². The van der Waals surface area contributed by atoms with Crippen molar-refractivity contribution in [3.63, 3.8) is 0 Å². The molecule has 18 heavy (non-hydrogen) atoms. The molecule has 4 nitrogen and oxygen atoms in total. The molecule has 4 heteroatoms. The fourth-order valence-electron chi connectivity index (χ4n) is 1.39. The van der Waals surface area contributed by atoms with Crippen LogP contribution in [0.3, 0.4) is 0 Å². The third kappa shape index (κ3) is 6.37. The minimum Gasteiger partial charge on any atom is -0.376 e. The number of nitrogens with one attached hydrogen (secondary N) is 2. The Bertz CT molecular complexity index is 341. The standard InChI is InChI=1S/C14H22N2O2/c1-12(15-2)10-16-14(17)8-9-18-11-13-6-4-3-5-7-13/h3-7,12,15H,8-11H2,1-2H3,(H,16,17). The Kier molecular flexibility index (Phi) is 7.06. The second-order valence-electron chi connectivity index (χ2n) is 4.28. The highest BCUT2D eigenvalue weighted by molar-refractivity contribution is 5.75. The van der Waals surface area contributed by atoms with Crippen molar-refractivity contribution in [1.29, 1.82) is 0 Å². The second-order valence-corrected chi connectivity index (χ2v) is 4.28. The summed E-state index contributed by atoms with van der Waals surface area (Å²) in [5.41, 5.74) is 1.13. The molecule has 0 saturated carbocycles. The average Bonchev–Trinajstić information content (AvgIpc) is 2.42. The molecule has 0 aliphatic heterocycles. The summed E-state index contributed by atoms with van der Waals surface area (Å²) in [5.74, 6) is 0.0326. The van der Waals surface area contributed by atoms with Gasteiger partial charge in [-0.15, -0.1) is 0 Å². The van der Waals surface area contributed by atoms with Crippen LogP contribution in [-0.2, 0) is 16.1 Å². The summed E-state index contributed by atoms with van der Waals surface area (Å²) in [6.07, 6.45) is 0.406. The zero-order valence-electron chi connectivity index (χ0n) is 11.1. The van der Waals surface area contributed by atoms with Crippen LogP contribution < -0.4 is 10.6 Å². The van der Waals surface area contributed by atoms with Gasteiger partial charge in [-0.05, 0) is 19.5 Å². The first-order valence-electron chi connectivity index (χ1n) is 6.28. The van der Waals surface area contributed by atoms with Crippen molar-refractivity contribution in [3.8, 4) is 0 Å². The lowest BCUT2D eigenvalue weighted by Crippen LogP contribution is -2.37. The lowest BCUT2D eigenvalue weighted by Gasteiger charge is -2.11. The minimum absolute atomic E-state index is 0.0326. The van der Waals surface area contributed by atoms with E-state index in [2.05, 4.69) is 10.6 Å². The predicted molar refractivity (Wildman–Crippen MR) is 72.2 cm³/mol. The highest BCUT2D eigenvalue weighted by atomic mass is 16.5. The van der Waals surface area contributed by atoms with Crippen molar-refractivity contribution in [2.24, 2.45) is 0 Å². The number of ether oxygens (including phenoxy) is 1. The maximum Gasteiger partial charge on any atom is 0.222 e. The molecule has 0 radical (unpaired) electrons. The molecule has 1 aromatic carbocycles. The molecule has 0 aliphatic rings. The van der Waals surface area contributed by atoms with Crippen LogP contribution in [0.15, 0.2) is 30.3 Å². The first kappa shape index (κ1) is 14.7. The highest BCUT2D eigenvalue weighted by Gasteiger charge is 2.03. The summed E-state index contributed by atoms with van der Waals surface area (Å²) < 4.78 is 5.45. The van der Waals surface area contributed by atoms with E-state index >= 15 is 0 Å². The van der Waals surface area contributed by atoms with Crippen molar-refractivity contribution < 1.29 is 9.53 Å². The van der Waals surface area contributed by atoms with Crippen LogP contribution in [0.2, 0.25) is 0 Å². The zero-order chi connectivity index (χ0) is 13.2. The molecule has 2 N–H and O–H groups in total. The van der Waals surface area contributed by atoms with E-state index in [-0.39, 0.29) is 5.91 Å². The van der Waals surface area contributed by atoms with E-state index in [0.29, 0.717) is 32.2 Å². The molecule has 0 aromatic heterocycles. The topological polar surface area (TPSA) is 50.4 Å². The van der Waals surface area contributed by atoms with Crippen LogP contribution in [-0.4, -0.2) is 32.1 Å². The molecule has 1 amide bonds. The van der Waals surface area contributed by atoms with Crippen molar-refractivity contribution in [1.82, 2.24) is 10.6 Å². The zero-order valence-corrected chi connectivity index (χ0v) is 11.1. The van der Waals surface area contributed by atoms with Crippen LogP contribution in [0.4, 0.5) is 0 Å². The minimum atomic E-state index is 0.0326. The molecule has 0 heterocycles. The number of likely N-dealkylation sites (N-methyl/N-ethyl adjacent to an activating group) is 1. The largest absolute Gasteiger partial charge is 0.376 e. The Morgan fingerprint density at radius 3 is 2.72 bits per heavy atom. The van der Waals surface area contributed by atoms with E-state index in [4.69, 9.17) is 4.74 Å². The number of hydrogen-bond donors (Lipinski definition) is 2. The van der Waals surface area contributed by atoms with Crippen LogP contribution in [0.5, 0.6) is 0 Å². The summed E-state index contributed by atoms with van der Waals surface area (Å²) in [6.45, 7) is 3.68. The van der Waals surface area contributed by atoms with Gasteiger partial charge in [0.05, 0.1) is 13.2 Å². The Balaban J connectivity index is 2.05. The number of rotatable bonds is 8. The van der Waals surface area contributed by atoms with Gasteiger partial charge in [-0.1, -0.05) is 30.3 Å². The lowest BCUT2D eigenvalue weighted by molar-refractivity contribution is -0.122. The van der Waals surface area contributed by atoms with E-state index in [1.54, 1.807) is 0 Å². The summed E-state index contributed by atoms with van der Waals surface area (Å²) in [6, 6.07) is 10.2. The molecule has 0 bridgehead atoms. The van der Waals surface area contributed by atoms with Gasteiger partial charge in [-0.25, -0.2) is 0 Å². The van der Waals surface area contributed by atoms with Crippen LogP contribution >= 0.6 is 0 Å². The maximum absolute atomic E-state index is 11.5. The van der Waals surface area contributed by atoms with Gasteiger partial charge in [0.1, 0.15) is 0 Å². The summed E-state index contributed by atoms with van der Waals surface area (Å²) in [5, 5.41) is 5.91. The molecule has 0 fully saturated rings. The Morgan fingerprint density at radius 2 is 2.06 bits per heavy atom. The van der Waals surface area contributed by atoms with Crippen molar-refractivity contribution in [3.05, 3.63) is 35.9 Å². The first-order valence-corrected chi connectivity index (χ1v) is 6.28. The fraction of sp³-hybridized carbons (Fsp3) is 0.500. The van der Waals surface area contributed by atoms with Crippen LogP contribution in [0.1, 0.15) is 18.9 Å². The number of carbonyl (C=O) groups excluding carboxylic acids is 1. The molecular formula is C14H22N2O2. The number of benzene rings is 1. The van der Waals surface area contributed by atoms with Gasteiger partial charge in [0.15, 0.2) is 0 Å². The van der Waals surface area contributed by atoms with Gasteiger partial charge in [0.25, 0.3) is 0 Å². The van der Waals surface area contributed by atoms with Gasteiger partial charge < -0.3 is 15.4 Å². The lowest BCUT2D eigenvalue weighted by atomic mass is 10.2. The van der Waals surface area contributed by atoms with Gasteiger partial charge in [0.2, 0.25) is 5.91 Å². The van der Waals surface area contributed by atoms with Crippen molar-refractivity contribution >= 4 is 5.91 Å². The SMILES string of the molecule is CNC(C)CNC(=O)CCOCc1ccccc1. The van der Waals surface area contributed by atoms with Crippen molar-refractivity contribution in [2.75, 3.05) is 20.2 Å². The Hall–Kier alpha value is -1.39. The summed E-state index contributed by atoms with van der Waals surface area (Å²) in [4.78, 5) is 11.5. The molecule has 1 rings (SSSR count). The Morgan fingerprint density at radius 1 is 1.33 bits per heavy atom. The monoisotopic (exact) mass is 250 g/mol. The van der Waals surface area contributed by atoms with E-state index < -0.39 is 0 Å². The number of carbonyl (C=O) groups is 1. The average molecular weight is 250 g/mol. The smallest absolute Gasteiger partial charge is 0.222 e. The Labute approximate surface area is 109 Å². The second kappa shape index (κ2) is 8.66. The van der Waals surface area contributed by atoms with Crippen LogP contribution in [0, 0.1) is 0 Å². The molecule has 100 valence electrons. The molecule has 1 unspecified atom stereocenters. The van der Waals surface area contributed by atoms with Gasteiger partial charge in [0, 0.05) is 19.0 Å². The first-order chi connectivity index (χ1) is 8.72. The third-order valence-corrected chi connectivity index (χ3v) is 2.68. The quantitative estimate of drug-likeness (QED) is 0.684. The third-order valence-electron chi connectivity index (χ3n) is 2.68.